The fourth-order valence-corrected chi connectivity index (χ4v) is 6.92. The molecule has 3 unspecified atom stereocenters. The van der Waals surface area contributed by atoms with Crippen molar-refractivity contribution in [3.8, 4) is 11.5 Å². The normalized spacial score (nSPS) is 51.4. The lowest BCUT2D eigenvalue weighted by Crippen LogP contribution is -2.64. The van der Waals surface area contributed by atoms with Crippen LogP contribution in [0.5, 0.6) is 11.5 Å². The van der Waals surface area contributed by atoms with Crippen LogP contribution in [0.1, 0.15) is 43.2 Å². The van der Waals surface area contributed by atoms with Crippen molar-refractivity contribution in [1.82, 2.24) is 4.90 Å². The summed E-state index contributed by atoms with van der Waals surface area (Å²) in [6, 6.07) is 3.83. The zero-order chi connectivity index (χ0) is 16.1. The molecule has 7 rings (SSSR count). The molecule has 5 nitrogen and oxygen atoms in total. The summed E-state index contributed by atoms with van der Waals surface area (Å²) >= 11 is 0. The Balaban J connectivity index is 1.53. The van der Waals surface area contributed by atoms with Crippen LogP contribution in [-0.4, -0.2) is 45.2 Å². The number of benzene rings is 1. The minimum Gasteiger partial charge on any atom is -0.504 e. The second-order valence-electron chi connectivity index (χ2n) is 8.80. The van der Waals surface area contributed by atoms with Gasteiger partial charge in [0.2, 0.25) is 0 Å². The highest BCUT2D eigenvalue weighted by Gasteiger charge is 2.91. The van der Waals surface area contributed by atoms with Crippen molar-refractivity contribution in [2.45, 2.75) is 60.8 Å². The van der Waals surface area contributed by atoms with E-state index >= 15 is 0 Å². The zero-order valence-electron chi connectivity index (χ0n) is 13.3. The summed E-state index contributed by atoms with van der Waals surface area (Å²) in [5.41, 5.74) is 0.491. The Kier molecular flexibility index (Phi) is 1.72. The maximum atomic E-state index is 12.6. The lowest BCUT2D eigenvalue weighted by Gasteiger charge is -2.47. The molecule has 2 bridgehead atoms. The number of nitrogens with zero attached hydrogens (tertiary/aromatic N) is 1. The number of ether oxygens (including phenoxy) is 1. The van der Waals surface area contributed by atoms with Crippen LogP contribution in [-0.2, 0) is 15.7 Å². The summed E-state index contributed by atoms with van der Waals surface area (Å²) in [6.07, 6.45) is 3.63. The molecule has 4 aliphatic carbocycles. The molecule has 2 N–H and O–H groups in total. The van der Waals surface area contributed by atoms with Crippen molar-refractivity contribution in [2.24, 2.45) is 5.92 Å². The quantitative estimate of drug-likeness (QED) is 0.800. The van der Waals surface area contributed by atoms with Crippen LogP contribution in [0.2, 0.25) is 0 Å². The first-order valence-electron chi connectivity index (χ1n) is 9.09. The Morgan fingerprint density at radius 2 is 2.17 bits per heavy atom. The van der Waals surface area contributed by atoms with Gasteiger partial charge in [-0.2, -0.15) is 0 Å². The molecule has 124 valence electrons. The van der Waals surface area contributed by atoms with Gasteiger partial charge in [-0.3, -0.25) is 9.69 Å². The molecule has 6 atom stereocenters. The number of ketones is 1. The number of carbonyl (C=O) groups is 1. The molecule has 1 aromatic rings. The van der Waals surface area contributed by atoms with Crippen molar-refractivity contribution in [3.05, 3.63) is 23.3 Å². The molecule has 0 radical (unpaired) electrons. The lowest BCUT2D eigenvalue weighted by molar-refractivity contribution is -0.148. The number of fused-ring (bicyclic) bond motifs is 1. The summed E-state index contributed by atoms with van der Waals surface area (Å²) in [6.45, 7) is 1.05. The number of hydrogen-bond donors (Lipinski definition) is 2. The standard InChI is InChI=1S/C19H19NO4/c21-11-4-3-10-13-14(11)24-15-12(22)5-6-19(23)16-18(10,8-17(13,15)19)20(16)7-9-1-2-9/h3-4,9,15-16,21,23H,1-2,5-8H2/t15?,16-,17+,18?,19-,20?/m1/s1. The van der Waals surface area contributed by atoms with Gasteiger partial charge < -0.3 is 14.9 Å². The molecule has 5 heteroatoms. The molecular weight excluding hydrogens is 306 g/mol. The first-order valence-corrected chi connectivity index (χ1v) is 9.09. The van der Waals surface area contributed by atoms with Crippen molar-refractivity contribution in [1.29, 1.82) is 0 Å². The van der Waals surface area contributed by atoms with E-state index in [1.54, 1.807) is 6.07 Å². The molecule has 2 spiro atoms. The molecule has 4 fully saturated rings. The number of Topliss-reactive ketones (excluding diaryl/α,β-unsaturated/α-hetero) is 1. The van der Waals surface area contributed by atoms with Crippen molar-refractivity contribution < 1.29 is 19.7 Å². The van der Waals surface area contributed by atoms with E-state index in [0.717, 1.165) is 24.4 Å². The van der Waals surface area contributed by atoms with Crippen LogP contribution in [0.25, 0.3) is 0 Å². The van der Waals surface area contributed by atoms with Crippen LogP contribution in [0.3, 0.4) is 0 Å². The molecule has 3 saturated carbocycles. The molecule has 24 heavy (non-hydrogen) atoms. The van der Waals surface area contributed by atoms with Gasteiger partial charge >= 0.3 is 0 Å². The minimum atomic E-state index is -0.896. The first kappa shape index (κ1) is 12.7. The number of carbonyl (C=O) groups excluding carboxylic acids is 1. The van der Waals surface area contributed by atoms with Crippen LogP contribution in [0.15, 0.2) is 12.1 Å². The van der Waals surface area contributed by atoms with Gasteiger partial charge in [0.05, 0.1) is 22.6 Å². The number of hydrogen-bond acceptors (Lipinski definition) is 5. The molecule has 2 heterocycles. The number of phenols is 1. The number of likely N-dealkylation sites (tertiary alicyclic amines) is 1. The number of aliphatic hydroxyl groups is 1. The third-order valence-electron chi connectivity index (χ3n) is 7.91. The van der Waals surface area contributed by atoms with E-state index in [2.05, 4.69) is 4.90 Å². The Morgan fingerprint density at radius 1 is 1.33 bits per heavy atom. The maximum Gasteiger partial charge on any atom is 0.174 e. The van der Waals surface area contributed by atoms with Crippen molar-refractivity contribution in [3.63, 3.8) is 0 Å². The molecular formula is C19H19NO4. The smallest absolute Gasteiger partial charge is 0.174 e. The number of rotatable bonds is 2. The van der Waals surface area contributed by atoms with Crippen LogP contribution < -0.4 is 4.74 Å². The highest BCUT2D eigenvalue weighted by Crippen LogP contribution is 2.82. The minimum absolute atomic E-state index is 0.0771. The highest BCUT2D eigenvalue weighted by molar-refractivity contribution is 5.92. The molecule has 2 aliphatic heterocycles. The Hall–Kier alpha value is -1.59. The van der Waals surface area contributed by atoms with Gasteiger partial charge in [0.25, 0.3) is 0 Å². The van der Waals surface area contributed by atoms with Gasteiger partial charge in [-0.25, -0.2) is 0 Å². The average molecular weight is 325 g/mol. The van der Waals surface area contributed by atoms with Gasteiger partial charge in [0.1, 0.15) is 0 Å². The summed E-state index contributed by atoms with van der Waals surface area (Å²) in [5, 5.41) is 22.1. The van der Waals surface area contributed by atoms with E-state index in [4.69, 9.17) is 4.74 Å². The lowest BCUT2D eigenvalue weighted by atomic mass is 9.59. The average Bonchev–Trinajstić information content (AvgIpc) is 3.39. The maximum absolute atomic E-state index is 12.6. The zero-order valence-corrected chi connectivity index (χ0v) is 13.3. The molecule has 1 saturated heterocycles. The van der Waals surface area contributed by atoms with Gasteiger partial charge in [-0.15, -0.1) is 0 Å². The largest absolute Gasteiger partial charge is 0.504 e. The van der Waals surface area contributed by atoms with E-state index in [0.29, 0.717) is 18.6 Å². The predicted molar refractivity (Wildman–Crippen MR) is 82.9 cm³/mol. The van der Waals surface area contributed by atoms with Crippen LogP contribution in [0.4, 0.5) is 0 Å². The van der Waals surface area contributed by atoms with Gasteiger partial charge in [-0.05, 0) is 43.2 Å². The fraction of sp³-hybridized carbons (Fsp3) is 0.632. The van der Waals surface area contributed by atoms with Crippen molar-refractivity contribution >= 4 is 5.78 Å². The Labute approximate surface area is 139 Å². The third-order valence-corrected chi connectivity index (χ3v) is 7.91. The molecule has 6 aliphatic rings. The van der Waals surface area contributed by atoms with Crippen LogP contribution >= 0.6 is 0 Å². The van der Waals surface area contributed by atoms with Crippen molar-refractivity contribution in [2.75, 3.05) is 6.54 Å². The van der Waals surface area contributed by atoms with E-state index < -0.39 is 17.1 Å². The molecule has 0 amide bonds. The topological polar surface area (TPSA) is 69.8 Å². The summed E-state index contributed by atoms with van der Waals surface area (Å²) in [4.78, 5) is 15.1. The Morgan fingerprint density at radius 3 is 2.96 bits per heavy atom. The van der Waals surface area contributed by atoms with E-state index in [1.807, 2.05) is 6.07 Å². The van der Waals surface area contributed by atoms with Gasteiger partial charge in [-0.1, -0.05) is 6.07 Å². The highest BCUT2D eigenvalue weighted by atomic mass is 16.5. The molecule has 1 aromatic carbocycles. The first-order chi connectivity index (χ1) is 11.5. The number of phenolic OH excluding ortho intramolecular Hbond substituents is 1. The number of piperidine rings is 1. The SMILES string of the molecule is O=C1CC[C@@]2(O)[C@@H]3N(CC4CC4)C34C[C@@]23c2c4ccc(O)c2OC13. The predicted octanol–water partition coefficient (Wildman–Crippen LogP) is 1.19. The molecule has 0 aromatic heterocycles. The summed E-state index contributed by atoms with van der Waals surface area (Å²) in [7, 11) is 0. The second kappa shape index (κ2) is 3.25. The van der Waals surface area contributed by atoms with Gasteiger partial charge in [0.15, 0.2) is 23.4 Å². The monoisotopic (exact) mass is 325 g/mol. The van der Waals surface area contributed by atoms with E-state index in [1.165, 1.54) is 18.4 Å². The number of aromatic hydroxyl groups is 1. The summed E-state index contributed by atoms with van der Waals surface area (Å²) < 4.78 is 5.97. The Bertz CT molecular complexity index is 863. The fourth-order valence-electron chi connectivity index (χ4n) is 6.92. The second-order valence-corrected chi connectivity index (χ2v) is 8.80. The van der Waals surface area contributed by atoms with E-state index in [-0.39, 0.29) is 23.1 Å². The van der Waals surface area contributed by atoms with E-state index in [9.17, 15) is 15.0 Å². The van der Waals surface area contributed by atoms with Crippen LogP contribution in [0, 0.1) is 5.92 Å². The van der Waals surface area contributed by atoms with Gasteiger partial charge in [0, 0.05) is 18.5 Å². The third kappa shape index (κ3) is 0.962. The summed E-state index contributed by atoms with van der Waals surface area (Å²) in [5.74, 6) is 1.40.